The lowest BCUT2D eigenvalue weighted by molar-refractivity contribution is -0.124. The Balaban J connectivity index is 1.53. The Morgan fingerprint density at radius 1 is 1.21 bits per heavy atom. The number of amides is 1. The number of hydrogen-bond acceptors (Lipinski definition) is 7. The Bertz CT molecular complexity index is 1160. The highest BCUT2D eigenvalue weighted by Gasteiger charge is 2.28. The number of benzene rings is 1. The van der Waals surface area contributed by atoms with Crippen molar-refractivity contribution in [1.29, 1.82) is 0 Å². The lowest BCUT2D eigenvalue weighted by Crippen LogP contribution is -2.34. The maximum Gasteiger partial charge on any atom is 0.269 e. The second kappa shape index (κ2) is 7.45. The number of hydrazine groups is 1. The molecule has 2 aromatic heterocycles. The van der Waals surface area contributed by atoms with Crippen molar-refractivity contribution < 1.29 is 18.3 Å². The van der Waals surface area contributed by atoms with Gasteiger partial charge in [0.25, 0.3) is 10.0 Å². The maximum atomic E-state index is 12.9. The van der Waals surface area contributed by atoms with Gasteiger partial charge in [-0.3, -0.25) is 15.6 Å². The second-order valence-electron chi connectivity index (χ2n) is 7.17. The average Bonchev–Trinajstić information content (AvgIpc) is 3.32. The van der Waals surface area contributed by atoms with Gasteiger partial charge in [0.05, 0.1) is 17.2 Å². The van der Waals surface area contributed by atoms with Crippen LogP contribution in [0.5, 0.6) is 0 Å². The quantitative estimate of drug-likeness (QED) is 0.540. The average molecular weight is 415 g/mol. The van der Waals surface area contributed by atoms with Gasteiger partial charge < -0.3 is 5.11 Å². The van der Waals surface area contributed by atoms with E-state index in [0.29, 0.717) is 24.8 Å². The summed E-state index contributed by atoms with van der Waals surface area (Å²) in [5.41, 5.74) is 6.80. The van der Waals surface area contributed by atoms with E-state index in [1.54, 1.807) is 30.3 Å². The Hall–Kier alpha value is -2.98. The first kappa shape index (κ1) is 19.3. The molecule has 9 nitrogen and oxygen atoms in total. The molecule has 0 unspecified atom stereocenters. The van der Waals surface area contributed by atoms with Gasteiger partial charge in [0.2, 0.25) is 5.91 Å². The van der Waals surface area contributed by atoms with Gasteiger partial charge in [-0.2, -0.15) is 0 Å². The molecule has 3 N–H and O–H groups in total. The van der Waals surface area contributed by atoms with Crippen molar-refractivity contribution in [2.75, 3.05) is 5.43 Å². The third kappa shape index (κ3) is 3.81. The Morgan fingerprint density at radius 3 is 2.66 bits per heavy atom. The number of aromatic nitrogens is 3. The summed E-state index contributed by atoms with van der Waals surface area (Å²) >= 11 is 0. The maximum absolute atomic E-state index is 12.9. The molecule has 152 valence electrons. The Kier molecular flexibility index (Phi) is 4.97. The summed E-state index contributed by atoms with van der Waals surface area (Å²) in [4.78, 5) is 20.8. The minimum atomic E-state index is -3.79. The van der Waals surface area contributed by atoms with Crippen molar-refractivity contribution in [2.24, 2.45) is 5.92 Å². The van der Waals surface area contributed by atoms with E-state index in [2.05, 4.69) is 20.8 Å². The van der Waals surface area contributed by atoms with Gasteiger partial charge in [-0.25, -0.2) is 22.4 Å². The number of nitrogens with one attached hydrogen (secondary N) is 2. The lowest BCUT2D eigenvalue weighted by Gasteiger charge is -2.12. The van der Waals surface area contributed by atoms with Gasteiger partial charge in [-0.05, 0) is 44.4 Å². The first-order valence-electron chi connectivity index (χ1n) is 9.25. The smallest absolute Gasteiger partial charge is 0.269 e. The van der Waals surface area contributed by atoms with Crippen molar-refractivity contribution in [3.8, 4) is 0 Å². The molecule has 1 saturated carbocycles. The van der Waals surface area contributed by atoms with Crippen LogP contribution in [0.15, 0.2) is 47.6 Å². The molecule has 1 fully saturated rings. The number of hydrogen-bond donors (Lipinski definition) is 3. The second-order valence-corrected chi connectivity index (χ2v) is 8.99. The molecule has 1 aliphatic carbocycles. The number of aliphatic hydroxyl groups is 1. The number of aryl methyl sites for hydroxylation is 1. The molecule has 3 aromatic rings. The largest absolute Gasteiger partial charge is 0.393 e. The Morgan fingerprint density at radius 2 is 1.97 bits per heavy atom. The van der Waals surface area contributed by atoms with Crippen LogP contribution >= 0.6 is 0 Å². The fourth-order valence-electron chi connectivity index (χ4n) is 3.39. The number of fused-ring (bicyclic) bond motifs is 1. The van der Waals surface area contributed by atoms with Gasteiger partial charge in [0.1, 0.15) is 5.52 Å². The van der Waals surface area contributed by atoms with Crippen LogP contribution in [0.4, 0.5) is 5.82 Å². The summed E-state index contributed by atoms with van der Waals surface area (Å²) in [6.07, 6.45) is 4.02. The predicted molar refractivity (Wildman–Crippen MR) is 106 cm³/mol. The zero-order chi connectivity index (χ0) is 20.6. The highest BCUT2D eigenvalue weighted by Crippen LogP contribution is 2.25. The van der Waals surface area contributed by atoms with Crippen LogP contribution in [-0.4, -0.2) is 39.5 Å². The normalized spacial score (nSPS) is 19.4. The molecule has 2 atom stereocenters. The van der Waals surface area contributed by atoms with E-state index in [1.807, 2.05) is 6.92 Å². The first-order valence-corrected chi connectivity index (χ1v) is 10.7. The minimum Gasteiger partial charge on any atom is -0.393 e. The monoisotopic (exact) mass is 415 g/mol. The number of nitrogens with zero attached hydrogens (tertiary/aromatic N) is 3. The van der Waals surface area contributed by atoms with Crippen LogP contribution in [0.1, 0.15) is 24.8 Å². The van der Waals surface area contributed by atoms with Crippen LogP contribution in [0.3, 0.4) is 0 Å². The zero-order valence-electron chi connectivity index (χ0n) is 15.7. The SMILES string of the molecule is Cc1ccc(S(=O)(=O)n2ccc3nc(NNC(=O)[C@@H]4CC[C@H](O)C4)cnc32)cc1. The van der Waals surface area contributed by atoms with Crippen molar-refractivity contribution in [1.82, 2.24) is 19.4 Å². The fourth-order valence-corrected chi connectivity index (χ4v) is 4.69. The molecule has 4 rings (SSSR count). The van der Waals surface area contributed by atoms with Crippen LogP contribution in [0.2, 0.25) is 0 Å². The zero-order valence-corrected chi connectivity index (χ0v) is 16.6. The highest BCUT2D eigenvalue weighted by molar-refractivity contribution is 7.90. The van der Waals surface area contributed by atoms with E-state index in [1.165, 1.54) is 12.4 Å². The molecular formula is C19H21N5O4S. The molecule has 0 saturated heterocycles. The molecule has 1 amide bonds. The van der Waals surface area contributed by atoms with E-state index < -0.39 is 16.1 Å². The molecule has 1 aliphatic rings. The van der Waals surface area contributed by atoms with Crippen molar-refractivity contribution >= 4 is 32.9 Å². The summed E-state index contributed by atoms with van der Waals surface area (Å²) < 4.78 is 26.9. The highest BCUT2D eigenvalue weighted by atomic mass is 32.2. The summed E-state index contributed by atoms with van der Waals surface area (Å²) in [5.74, 6) is -0.173. The van der Waals surface area contributed by atoms with Crippen LogP contribution in [0.25, 0.3) is 11.2 Å². The van der Waals surface area contributed by atoms with Crippen LogP contribution in [0, 0.1) is 12.8 Å². The molecule has 0 aliphatic heterocycles. The van der Waals surface area contributed by atoms with Gasteiger partial charge in [0, 0.05) is 12.1 Å². The van der Waals surface area contributed by atoms with E-state index in [-0.39, 0.29) is 28.2 Å². The third-order valence-electron chi connectivity index (χ3n) is 5.02. The van der Waals surface area contributed by atoms with Gasteiger partial charge in [0.15, 0.2) is 11.5 Å². The Labute approximate surface area is 167 Å². The molecule has 0 radical (unpaired) electrons. The first-order chi connectivity index (χ1) is 13.8. The van der Waals surface area contributed by atoms with E-state index in [0.717, 1.165) is 9.54 Å². The molecule has 29 heavy (non-hydrogen) atoms. The molecule has 1 aromatic carbocycles. The molecule has 2 heterocycles. The summed E-state index contributed by atoms with van der Waals surface area (Å²) in [6.45, 7) is 1.88. The van der Waals surface area contributed by atoms with Gasteiger partial charge >= 0.3 is 0 Å². The lowest BCUT2D eigenvalue weighted by atomic mass is 10.1. The minimum absolute atomic E-state index is 0.163. The van der Waals surface area contributed by atoms with Crippen molar-refractivity contribution in [3.05, 3.63) is 48.3 Å². The molecule has 0 spiro atoms. The summed E-state index contributed by atoms with van der Waals surface area (Å²) in [7, 11) is -3.79. The molecule has 10 heteroatoms. The third-order valence-corrected chi connectivity index (χ3v) is 6.70. The number of anilines is 1. The molecule has 0 bridgehead atoms. The van der Waals surface area contributed by atoms with Gasteiger partial charge in [-0.15, -0.1) is 0 Å². The summed E-state index contributed by atoms with van der Waals surface area (Å²) in [6, 6.07) is 8.12. The fraction of sp³-hybridized carbons (Fsp3) is 0.316. The van der Waals surface area contributed by atoms with Gasteiger partial charge in [-0.1, -0.05) is 17.7 Å². The van der Waals surface area contributed by atoms with Crippen molar-refractivity contribution in [3.63, 3.8) is 0 Å². The molecular weight excluding hydrogens is 394 g/mol. The van der Waals surface area contributed by atoms with Crippen LogP contribution < -0.4 is 10.9 Å². The number of aliphatic hydroxyl groups excluding tert-OH is 1. The van der Waals surface area contributed by atoms with E-state index >= 15 is 0 Å². The van der Waals surface area contributed by atoms with Crippen molar-refractivity contribution in [2.45, 2.75) is 37.2 Å². The van der Waals surface area contributed by atoms with E-state index in [9.17, 15) is 18.3 Å². The summed E-state index contributed by atoms with van der Waals surface area (Å²) in [5, 5.41) is 9.54. The number of carbonyl (C=O) groups excluding carboxylic acids is 1. The van der Waals surface area contributed by atoms with Crippen LogP contribution in [-0.2, 0) is 14.8 Å². The number of carbonyl (C=O) groups is 1. The standard InChI is InChI=1S/C19H21N5O4S/c1-12-2-6-15(7-3-12)29(27,28)24-9-8-16-18(24)20-11-17(21-16)22-23-19(26)13-4-5-14(25)10-13/h2-3,6-9,11,13-14,25H,4-5,10H2,1H3,(H,21,22)(H,23,26)/t13-,14+/m1/s1. The topological polar surface area (TPSA) is 126 Å². The number of rotatable bonds is 5. The van der Waals surface area contributed by atoms with E-state index in [4.69, 9.17) is 0 Å². The predicted octanol–water partition coefficient (Wildman–Crippen LogP) is 1.58.